The minimum absolute atomic E-state index is 0.102. The minimum atomic E-state index is -1.46. The van der Waals surface area contributed by atoms with Crippen molar-refractivity contribution in [2.24, 2.45) is 0 Å². The van der Waals surface area contributed by atoms with Crippen LogP contribution < -0.4 is 15.3 Å². The highest BCUT2D eigenvalue weighted by Crippen LogP contribution is 2.46. The molecule has 1 N–H and O–H groups in total. The number of carbonyl (C=O) groups is 1. The molecule has 2 aliphatic heterocycles. The van der Waals surface area contributed by atoms with E-state index < -0.39 is 46.1 Å². The predicted molar refractivity (Wildman–Crippen MR) is 159 cm³/mol. The molecule has 6 rings (SSSR count). The van der Waals surface area contributed by atoms with Crippen molar-refractivity contribution < 1.29 is 27.8 Å². The zero-order valence-electron chi connectivity index (χ0n) is 24.6. The van der Waals surface area contributed by atoms with Gasteiger partial charge in [-0.3, -0.25) is 14.3 Å². The molecule has 2 atom stereocenters. The Hall–Kier alpha value is -4.87. The van der Waals surface area contributed by atoms with E-state index >= 15 is 8.78 Å². The van der Waals surface area contributed by atoms with E-state index in [0.717, 1.165) is 12.1 Å². The van der Waals surface area contributed by atoms with Gasteiger partial charge in [0, 0.05) is 30.9 Å². The molecule has 2 aromatic heterocycles. The van der Waals surface area contributed by atoms with Gasteiger partial charge in [0.1, 0.15) is 18.2 Å². The molecule has 4 heterocycles. The van der Waals surface area contributed by atoms with Crippen LogP contribution >= 0.6 is 0 Å². The van der Waals surface area contributed by atoms with Gasteiger partial charge in [0.25, 0.3) is 0 Å². The summed E-state index contributed by atoms with van der Waals surface area (Å²) in [6.07, 6.45) is 2.83. The lowest BCUT2D eigenvalue weighted by Gasteiger charge is -2.45. The number of benzene rings is 2. The first-order chi connectivity index (χ1) is 20.9. The van der Waals surface area contributed by atoms with Crippen LogP contribution in [0.25, 0.3) is 27.7 Å². The van der Waals surface area contributed by atoms with Crippen molar-refractivity contribution >= 4 is 22.6 Å². The van der Waals surface area contributed by atoms with Crippen molar-refractivity contribution in [3.05, 3.63) is 82.3 Å². The van der Waals surface area contributed by atoms with Crippen LogP contribution in [0.4, 0.5) is 19.0 Å². The fourth-order valence-corrected chi connectivity index (χ4v) is 6.30. The van der Waals surface area contributed by atoms with Gasteiger partial charge in [0.2, 0.25) is 5.91 Å². The van der Waals surface area contributed by atoms with Crippen LogP contribution in [0.3, 0.4) is 0 Å². The Labute approximate surface area is 250 Å². The summed E-state index contributed by atoms with van der Waals surface area (Å²) in [6, 6.07) is 3.70. The van der Waals surface area contributed by atoms with E-state index in [0.29, 0.717) is 16.9 Å². The molecule has 1 amide bonds. The van der Waals surface area contributed by atoms with Crippen LogP contribution in [0.1, 0.15) is 37.9 Å². The van der Waals surface area contributed by atoms with Gasteiger partial charge in [-0.2, -0.15) is 4.98 Å². The second-order valence-electron chi connectivity index (χ2n) is 11.5. The second kappa shape index (κ2) is 10.7. The van der Waals surface area contributed by atoms with Crippen LogP contribution in [0.15, 0.2) is 47.9 Å². The molecule has 0 saturated carbocycles. The summed E-state index contributed by atoms with van der Waals surface area (Å²) in [4.78, 5) is 39.1. The molecule has 9 nitrogen and oxygen atoms in total. The summed E-state index contributed by atoms with van der Waals surface area (Å²) in [7, 11) is 0. The van der Waals surface area contributed by atoms with Gasteiger partial charge in [-0.1, -0.05) is 20.4 Å². The van der Waals surface area contributed by atoms with E-state index in [9.17, 15) is 19.1 Å². The molecule has 2 aliphatic rings. The number of rotatable bonds is 4. The Morgan fingerprint density at radius 2 is 1.93 bits per heavy atom. The predicted octanol–water partition coefficient (Wildman–Crippen LogP) is 4.99. The number of aromatic hydroxyl groups is 1. The van der Waals surface area contributed by atoms with Crippen molar-refractivity contribution in [1.29, 1.82) is 0 Å². The number of aromatic nitrogens is 3. The quantitative estimate of drug-likeness (QED) is 0.328. The molecule has 1 saturated heterocycles. The van der Waals surface area contributed by atoms with Gasteiger partial charge >= 0.3 is 5.69 Å². The first-order valence-electron chi connectivity index (χ1n) is 14.2. The molecule has 4 aromatic rings. The van der Waals surface area contributed by atoms with Gasteiger partial charge in [-0.25, -0.2) is 18.0 Å². The van der Waals surface area contributed by atoms with Crippen molar-refractivity contribution in [3.63, 3.8) is 0 Å². The van der Waals surface area contributed by atoms with Crippen LogP contribution in [-0.4, -0.2) is 62.2 Å². The smallest absolute Gasteiger partial charge is 0.354 e. The Kier molecular flexibility index (Phi) is 7.10. The summed E-state index contributed by atoms with van der Waals surface area (Å²) < 4.78 is 53.6. The molecule has 228 valence electrons. The average Bonchev–Trinajstić information content (AvgIpc) is 3.15. The van der Waals surface area contributed by atoms with Crippen LogP contribution in [0, 0.1) is 24.4 Å². The van der Waals surface area contributed by atoms with Gasteiger partial charge in [-0.05, 0) is 55.7 Å². The SMILES string of the molecule is C=CC(=O)N1CC(C)N2c3nc(=O)n(-c4c(C)ccnc4C(C)C)c4cc(-c5c(O)ccc(F)c5F)c(F)c(c34)OCC2C1. The minimum Gasteiger partial charge on any atom is -0.507 e. The number of anilines is 1. The van der Waals surface area contributed by atoms with Crippen LogP contribution in [0.2, 0.25) is 0 Å². The summed E-state index contributed by atoms with van der Waals surface area (Å²) in [5.74, 6) is -5.14. The van der Waals surface area contributed by atoms with E-state index in [1.807, 2.05) is 25.7 Å². The number of carbonyl (C=O) groups excluding carboxylic acids is 1. The Morgan fingerprint density at radius 3 is 2.64 bits per heavy atom. The van der Waals surface area contributed by atoms with Crippen molar-refractivity contribution in [2.45, 2.75) is 45.7 Å². The lowest BCUT2D eigenvalue weighted by Crippen LogP contribution is -2.61. The number of nitrogens with zero attached hydrogens (tertiary/aromatic N) is 5. The standard InChI is InChI=1S/C32H30F3N5O4/c1-6-23(42)38-12-17(5)39-18(13-38)14-44-30-25-21(11-19(26(30)34)24-22(41)8-7-20(33)27(24)35)40(32(43)37-31(25)39)29-16(4)9-10-36-28(29)15(2)3/h6-11,15,17-18,41H,1,12-14H2,2-5H3. The molecule has 2 unspecified atom stereocenters. The zero-order chi connectivity index (χ0) is 31.6. The summed E-state index contributed by atoms with van der Waals surface area (Å²) in [6.45, 7) is 11.4. The fraction of sp³-hybridized carbons (Fsp3) is 0.312. The zero-order valence-corrected chi connectivity index (χ0v) is 24.6. The lowest BCUT2D eigenvalue weighted by atomic mass is 9.98. The highest BCUT2D eigenvalue weighted by Gasteiger charge is 2.40. The van der Waals surface area contributed by atoms with E-state index in [4.69, 9.17) is 4.74 Å². The number of pyridine rings is 1. The molecule has 0 radical (unpaired) electrons. The monoisotopic (exact) mass is 605 g/mol. The third-order valence-corrected chi connectivity index (χ3v) is 8.26. The largest absolute Gasteiger partial charge is 0.507 e. The summed E-state index contributed by atoms with van der Waals surface area (Å²) in [5.41, 5.74) is -0.182. The van der Waals surface area contributed by atoms with E-state index in [2.05, 4.69) is 16.5 Å². The van der Waals surface area contributed by atoms with Crippen LogP contribution in [0.5, 0.6) is 11.5 Å². The first kappa shape index (κ1) is 29.2. The Morgan fingerprint density at radius 1 is 1.18 bits per heavy atom. The normalized spacial score (nSPS) is 17.8. The topological polar surface area (TPSA) is 101 Å². The highest BCUT2D eigenvalue weighted by atomic mass is 19.2. The maximum atomic E-state index is 16.6. The van der Waals surface area contributed by atoms with Gasteiger partial charge < -0.3 is 19.6 Å². The number of hydrogen-bond donors (Lipinski definition) is 1. The third kappa shape index (κ3) is 4.39. The number of ether oxygens (including phenoxy) is 1. The number of phenolic OH excluding ortho intramolecular Hbond substituents is 1. The molecule has 44 heavy (non-hydrogen) atoms. The maximum Gasteiger partial charge on any atom is 0.354 e. The summed E-state index contributed by atoms with van der Waals surface area (Å²) >= 11 is 0. The second-order valence-corrected chi connectivity index (χ2v) is 11.5. The number of phenols is 1. The van der Waals surface area contributed by atoms with Gasteiger partial charge in [0.05, 0.1) is 33.9 Å². The molecule has 12 heteroatoms. The number of aryl methyl sites for hydroxylation is 1. The Balaban J connectivity index is 1.74. The van der Waals surface area contributed by atoms with Gasteiger partial charge in [0.15, 0.2) is 23.2 Å². The Bertz CT molecular complexity index is 1930. The average molecular weight is 606 g/mol. The molecule has 0 aliphatic carbocycles. The van der Waals surface area contributed by atoms with E-state index in [1.54, 1.807) is 24.1 Å². The highest BCUT2D eigenvalue weighted by molar-refractivity contribution is 6.00. The number of piperazine rings is 1. The molecule has 0 bridgehead atoms. The van der Waals surface area contributed by atoms with Gasteiger partial charge in [-0.15, -0.1) is 0 Å². The maximum absolute atomic E-state index is 16.6. The number of fused-ring (bicyclic) bond motifs is 2. The third-order valence-electron chi connectivity index (χ3n) is 8.26. The van der Waals surface area contributed by atoms with Crippen molar-refractivity contribution in [2.75, 3.05) is 24.6 Å². The van der Waals surface area contributed by atoms with E-state index in [1.165, 1.54) is 16.7 Å². The molecule has 2 aromatic carbocycles. The van der Waals surface area contributed by atoms with Crippen molar-refractivity contribution in [1.82, 2.24) is 19.4 Å². The lowest BCUT2D eigenvalue weighted by molar-refractivity contribution is -0.127. The number of amides is 1. The first-order valence-corrected chi connectivity index (χ1v) is 14.2. The number of hydrogen-bond acceptors (Lipinski definition) is 7. The molecular formula is C32H30F3N5O4. The summed E-state index contributed by atoms with van der Waals surface area (Å²) in [5, 5.41) is 10.7. The molecule has 0 spiro atoms. The number of halogens is 3. The van der Waals surface area contributed by atoms with Crippen LogP contribution in [-0.2, 0) is 4.79 Å². The van der Waals surface area contributed by atoms with Crippen molar-refractivity contribution in [3.8, 4) is 28.3 Å². The molecular weight excluding hydrogens is 575 g/mol. The molecule has 1 fully saturated rings. The van der Waals surface area contributed by atoms with E-state index in [-0.39, 0.29) is 60.0 Å². The fourth-order valence-electron chi connectivity index (χ4n) is 6.30.